The van der Waals surface area contributed by atoms with Crippen LogP contribution in [0.2, 0.25) is 0 Å². The third-order valence-electron chi connectivity index (χ3n) is 2.68. The zero-order valence-electron chi connectivity index (χ0n) is 11.1. The highest BCUT2D eigenvalue weighted by molar-refractivity contribution is 7.80. The average Bonchev–Trinajstić information content (AvgIpc) is 2.27. The average molecular weight is 245 g/mol. The molecule has 0 aromatic rings. The van der Waals surface area contributed by atoms with Gasteiger partial charge in [-0.25, -0.2) is 0 Å². The summed E-state index contributed by atoms with van der Waals surface area (Å²) < 4.78 is 5.46. The first kappa shape index (κ1) is 15.7. The summed E-state index contributed by atoms with van der Waals surface area (Å²) in [5.74, 6) is 0. The molecule has 1 unspecified atom stereocenters. The summed E-state index contributed by atoms with van der Waals surface area (Å²) in [5, 5.41) is 3.71. The first-order valence-electron chi connectivity index (χ1n) is 6.65. The van der Waals surface area contributed by atoms with Crippen molar-refractivity contribution in [1.82, 2.24) is 5.32 Å². The fourth-order valence-electron chi connectivity index (χ4n) is 1.40. The molecule has 0 fully saturated rings. The lowest BCUT2D eigenvalue weighted by atomic mass is 10.1. The molecule has 0 aliphatic rings. The molecule has 3 heteroatoms. The van der Waals surface area contributed by atoms with E-state index in [2.05, 4.69) is 19.2 Å². The van der Waals surface area contributed by atoms with Gasteiger partial charge in [0.25, 0.3) is 5.17 Å². The number of nitrogens with one attached hydrogen (secondary N) is 1. The maximum absolute atomic E-state index is 5.46. The molecule has 0 saturated heterocycles. The minimum absolute atomic E-state index is 0.226. The molecule has 96 valence electrons. The third kappa shape index (κ3) is 10.2. The standard InChI is InChI=1S/C13H27NOS/c1-4-6-7-8-9-10-11-14-13(16)15-12(3)5-2/h12H,4-11H2,1-3H3,(H,14,16). The van der Waals surface area contributed by atoms with E-state index in [1.54, 1.807) is 0 Å². The molecule has 0 bridgehead atoms. The predicted molar refractivity (Wildman–Crippen MR) is 74.8 cm³/mol. The molecule has 2 nitrogen and oxygen atoms in total. The molecular formula is C13H27NOS. The van der Waals surface area contributed by atoms with Crippen LogP contribution in [0.3, 0.4) is 0 Å². The molecule has 0 spiro atoms. The predicted octanol–water partition coefficient (Wildman–Crippen LogP) is 4.04. The van der Waals surface area contributed by atoms with Crippen LogP contribution >= 0.6 is 12.2 Å². The van der Waals surface area contributed by atoms with E-state index in [1.807, 2.05) is 6.92 Å². The number of hydrogen-bond acceptors (Lipinski definition) is 2. The second-order valence-electron chi connectivity index (χ2n) is 4.32. The van der Waals surface area contributed by atoms with Crippen LogP contribution in [0.5, 0.6) is 0 Å². The van der Waals surface area contributed by atoms with E-state index in [0.29, 0.717) is 5.17 Å². The van der Waals surface area contributed by atoms with Gasteiger partial charge in [0.1, 0.15) is 0 Å². The van der Waals surface area contributed by atoms with Gasteiger partial charge < -0.3 is 10.1 Å². The Balaban J connectivity index is 3.21. The molecule has 0 amide bonds. The quantitative estimate of drug-likeness (QED) is 0.489. The van der Waals surface area contributed by atoms with Gasteiger partial charge in [0, 0.05) is 6.54 Å². The second kappa shape index (κ2) is 11.2. The number of hydrogen-bond donors (Lipinski definition) is 1. The van der Waals surface area contributed by atoms with Gasteiger partial charge in [0.2, 0.25) is 0 Å². The van der Waals surface area contributed by atoms with E-state index in [9.17, 15) is 0 Å². The molecule has 0 aromatic heterocycles. The highest BCUT2D eigenvalue weighted by Gasteiger charge is 2.02. The topological polar surface area (TPSA) is 21.3 Å². The zero-order valence-corrected chi connectivity index (χ0v) is 11.9. The van der Waals surface area contributed by atoms with Crippen molar-refractivity contribution < 1.29 is 4.74 Å². The van der Waals surface area contributed by atoms with Crippen molar-refractivity contribution >= 4 is 17.4 Å². The van der Waals surface area contributed by atoms with Crippen molar-refractivity contribution in [1.29, 1.82) is 0 Å². The van der Waals surface area contributed by atoms with Gasteiger partial charge in [-0.3, -0.25) is 0 Å². The Bertz CT molecular complexity index is 173. The first-order chi connectivity index (χ1) is 7.70. The maximum atomic E-state index is 5.46. The second-order valence-corrected chi connectivity index (χ2v) is 4.69. The van der Waals surface area contributed by atoms with Gasteiger partial charge in [-0.2, -0.15) is 0 Å². The van der Waals surface area contributed by atoms with Crippen LogP contribution in [0.1, 0.15) is 65.7 Å². The van der Waals surface area contributed by atoms with Crippen molar-refractivity contribution in [2.75, 3.05) is 6.54 Å². The lowest BCUT2D eigenvalue weighted by molar-refractivity contribution is 0.200. The maximum Gasteiger partial charge on any atom is 0.256 e. The summed E-state index contributed by atoms with van der Waals surface area (Å²) in [5.41, 5.74) is 0. The van der Waals surface area contributed by atoms with E-state index in [4.69, 9.17) is 17.0 Å². The molecule has 0 saturated carbocycles. The fraction of sp³-hybridized carbons (Fsp3) is 0.923. The van der Waals surface area contributed by atoms with Gasteiger partial charge in [0.15, 0.2) is 0 Å². The van der Waals surface area contributed by atoms with Crippen molar-refractivity contribution in [3.05, 3.63) is 0 Å². The Morgan fingerprint density at radius 2 is 1.75 bits per heavy atom. The molecule has 1 atom stereocenters. The highest BCUT2D eigenvalue weighted by Crippen LogP contribution is 2.04. The Morgan fingerprint density at radius 3 is 2.38 bits per heavy atom. The third-order valence-corrected chi connectivity index (χ3v) is 2.92. The van der Waals surface area contributed by atoms with Crippen LogP contribution in [0, 0.1) is 0 Å². The number of thiocarbonyl (C=S) groups is 1. The lowest BCUT2D eigenvalue weighted by Gasteiger charge is -2.14. The Labute approximate surface area is 106 Å². The van der Waals surface area contributed by atoms with Gasteiger partial charge in [0.05, 0.1) is 6.10 Å². The largest absolute Gasteiger partial charge is 0.468 e. The van der Waals surface area contributed by atoms with E-state index < -0.39 is 0 Å². The number of ether oxygens (including phenoxy) is 1. The van der Waals surface area contributed by atoms with Crippen LogP contribution in [0.4, 0.5) is 0 Å². The summed E-state index contributed by atoms with van der Waals surface area (Å²) >= 11 is 5.08. The van der Waals surface area contributed by atoms with Crippen molar-refractivity contribution in [2.45, 2.75) is 71.8 Å². The summed E-state index contributed by atoms with van der Waals surface area (Å²) in [4.78, 5) is 0. The van der Waals surface area contributed by atoms with E-state index >= 15 is 0 Å². The van der Waals surface area contributed by atoms with E-state index in [0.717, 1.165) is 13.0 Å². The van der Waals surface area contributed by atoms with E-state index in [1.165, 1.54) is 38.5 Å². The SMILES string of the molecule is CCCCCCCCNC(=S)OC(C)CC. The van der Waals surface area contributed by atoms with Crippen LogP contribution in [-0.2, 0) is 4.74 Å². The molecule has 1 N–H and O–H groups in total. The zero-order chi connectivity index (χ0) is 12.2. The monoisotopic (exact) mass is 245 g/mol. The molecule has 0 heterocycles. The van der Waals surface area contributed by atoms with Gasteiger partial charge in [-0.1, -0.05) is 46.0 Å². The molecule has 0 rings (SSSR count). The number of unbranched alkanes of at least 4 members (excludes halogenated alkanes) is 5. The summed E-state index contributed by atoms with van der Waals surface area (Å²) in [6.45, 7) is 7.33. The number of rotatable bonds is 9. The minimum atomic E-state index is 0.226. The Kier molecular flexibility index (Phi) is 11.0. The summed E-state index contributed by atoms with van der Waals surface area (Å²) in [7, 11) is 0. The molecular weight excluding hydrogens is 218 g/mol. The highest BCUT2D eigenvalue weighted by atomic mass is 32.1. The Hall–Kier alpha value is -0.310. The van der Waals surface area contributed by atoms with Crippen LogP contribution in [-0.4, -0.2) is 17.8 Å². The van der Waals surface area contributed by atoms with Crippen LogP contribution in [0.15, 0.2) is 0 Å². The molecule has 0 aliphatic carbocycles. The summed E-state index contributed by atoms with van der Waals surface area (Å²) in [6, 6.07) is 0. The molecule has 0 aliphatic heterocycles. The van der Waals surface area contributed by atoms with Gasteiger partial charge in [-0.05, 0) is 32.0 Å². The van der Waals surface area contributed by atoms with Gasteiger partial charge >= 0.3 is 0 Å². The lowest BCUT2D eigenvalue weighted by Crippen LogP contribution is -2.28. The summed E-state index contributed by atoms with van der Waals surface area (Å²) in [6.07, 6.45) is 9.09. The smallest absolute Gasteiger partial charge is 0.256 e. The van der Waals surface area contributed by atoms with Crippen molar-refractivity contribution in [3.8, 4) is 0 Å². The normalized spacial score (nSPS) is 12.2. The molecule has 0 radical (unpaired) electrons. The van der Waals surface area contributed by atoms with Crippen LogP contribution < -0.4 is 5.32 Å². The van der Waals surface area contributed by atoms with Crippen molar-refractivity contribution in [2.24, 2.45) is 0 Å². The van der Waals surface area contributed by atoms with E-state index in [-0.39, 0.29) is 6.10 Å². The Morgan fingerprint density at radius 1 is 1.12 bits per heavy atom. The van der Waals surface area contributed by atoms with Gasteiger partial charge in [-0.15, -0.1) is 0 Å². The minimum Gasteiger partial charge on any atom is -0.468 e. The first-order valence-corrected chi connectivity index (χ1v) is 7.06. The fourth-order valence-corrected chi connectivity index (χ4v) is 1.67. The van der Waals surface area contributed by atoms with Crippen molar-refractivity contribution in [3.63, 3.8) is 0 Å². The van der Waals surface area contributed by atoms with Crippen LogP contribution in [0.25, 0.3) is 0 Å². The molecule has 16 heavy (non-hydrogen) atoms. The molecule has 0 aromatic carbocycles.